The highest BCUT2D eigenvalue weighted by molar-refractivity contribution is 5.66. The molecule has 0 heterocycles. The number of amides is 2. The monoisotopic (exact) mass is 246 g/mol. The van der Waals surface area contributed by atoms with E-state index in [4.69, 9.17) is 10.2 Å². The standard InChI is InChI=1S/C11H22N2O4/c1-10(2,12(5)8(14)15)7-11(3,4)13(6)9(16)17/h7H2,1-6H3,(H,14,15)(H,16,17). The van der Waals surface area contributed by atoms with Crippen LogP contribution in [0.15, 0.2) is 0 Å². The number of rotatable bonds is 4. The van der Waals surface area contributed by atoms with Crippen molar-refractivity contribution >= 4 is 12.2 Å². The van der Waals surface area contributed by atoms with Gasteiger partial charge in [-0.2, -0.15) is 0 Å². The number of nitrogens with zero attached hydrogens (tertiary/aromatic N) is 2. The molecule has 0 aromatic rings. The molecule has 0 atom stereocenters. The number of hydrogen-bond acceptors (Lipinski definition) is 2. The van der Waals surface area contributed by atoms with E-state index in [1.807, 2.05) is 0 Å². The van der Waals surface area contributed by atoms with Gasteiger partial charge in [0.2, 0.25) is 0 Å². The number of hydrogen-bond donors (Lipinski definition) is 2. The van der Waals surface area contributed by atoms with E-state index in [1.165, 1.54) is 23.9 Å². The van der Waals surface area contributed by atoms with Crippen molar-refractivity contribution in [2.45, 2.75) is 45.2 Å². The Kier molecular flexibility index (Phi) is 4.40. The molecule has 2 N–H and O–H groups in total. The van der Waals surface area contributed by atoms with Crippen LogP contribution in [0.1, 0.15) is 34.1 Å². The second-order valence-corrected chi connectivity index (χ2v) is 5.48. The van der Waals surface area contributed by atoms with Gasteiger partial charge in [0, 0.05) is 25.2 Å². The van der Waals surface area contributed by atoms with Crippen LogP contribution < -0.4 is 0 Å². The Morgan fingerprint density at radius 1 is 0.882 bits per heavy atom. The summed E-state index contributed by atoms with van der Waals surface area (Å²) >= 11 is 0. The van der Waals surface area contributed by atoms with E-state index in [0.717, 1.165) is 0 Å². The maximum atomic E-state index is 10.9. The molecule has 0 saturated heterocycles. The van der Waals surface area contributed by atoms with Crippen LogP contribution in [0.3, 0.4) is 0 Å². The van der Waals surface area contributed by atoms with Crippen LogP contribution in [0.5, 0.6) is 0 Å². The summed E-state index contributed by atoms with van der Waals surface area (Å²) in [6.07, 6.45) is -1.64. The van der Waals surface area contributed by atoms with Crippen molar-refractivity contribution in [2.75, 3.05) is 14.1 Å². The molecule has 0 saturated carbocycles. The molecule has 2 amide bonds. The normalized spacial score (nSPS) is 12.1. The summed E-state index contributed by atoms with van der Waals surface area (Å²) in [6, 6.07) is 0. The quantitative estimate of drug-likeness (QED) is 0.796. The molecule has 0 aliphatic carbocycles. The maximum Gasteiger partial charge on any atom is 0.407 e. The van der Waals surface area contributed by atoms with Gasteiger partial charge in [0.25, 0.3) is 0 Å². The van der Waals surface area contributed by atoms with Crippen LogP contribution in [0.25, 0.3) is 0 Å². The molecule has 0 aromatic heterocycles. The average molecular weight is 246 g/mol. The van der Waals surface area contributed by atoms with Crippen molar-refractivity contribution in [3.63, 3.8) is 0 Å². The molecule has 17 heavy (non-hydrogen) atoms. The van der Waals surface area contributed by atoms with Gasteiger partial charge in [0.15, 0.2) is 0 Å². The first-order valence-corrected chi connectivity index (χ1v) is 5.35. The largest absolute Gasteiger partial charge is 0.465 e. The topological polar surface area (TPSA) is 81.1 Å². The third kappa shape index (κ3) is 3.80. The fourth-order valence-corrected chi connectivity index (χ4v) is 1.81. The number of carbonyl (C=O) groups is 2. The van der Waals surface area contributed by atoms with Gasteiger partial charge >= 0.3 is 12.2 Å². The van der Waals surface area contributed by atoms with Crippen molar-refractivity contribution in [1.82, 2.24) is 9.80 Å². The summed E-state index contributed by atoms with van der Waals surface area (Å²) in [5, 5.41) is 17.9. The Morgan fingerprint density at radius 2 is 1.12 bits per heavy atom. The summed E-state index contributed by atoms with van der Waals surface area (Å²) in [4.78, 5) is 24.3. The summed E-state index contributed by atoms with van der Waals surface area (Å²) in [6.45, 7) is 7.11. The highest BCUT2D eigenvalue weighted by Crippen LogP contribution is 2.28. The van der Waals surface area contributed by atoms with Crippen molar-refractivity contribution in [3.05, 3.63) is 0 Å². The lowest BCUT2D eigenvalue weighted by atomic mass is 9.85. The summed E-state index contributed by atoms with van der Waals surface area (Å²) in [5.74, 6) is 0. The van der Waals surface area contributed by atoms with Gasteiger partial charge in [-0.3, -0.25) is 0 Å². The highest BCUT2D eigenvalue weighted by Gasteiger charge is 2.38. The van der Waals surface area contributed by atoms with Crippen molar-refractivity contribution in [2.24, 2.45) is 0 Å². The van der Waals surface area contributed by atoms with Crippen LogP contribution in [-0.2, 0) is 0 Å². The van der Waals surface area contributed by atoms with E-state index < -0.39 is 23.3 Å². The zero-order chi connectivity index (χ0) is 14.0. The van der Waals surface area contributed by atoms with Gasteiger partial charge in [-0.05, 0) is 34.1 Å². The lowest BCUT2D eigenvalue weighted by Crippen LogP contribution is -2.54. The molecule has 0 aromatic carbocycles. The van der Waals surface area contributed by atoms with E-state index in [1.54, 1.807) is 27.7 Å². The van der Waals surface area contributed by atoms with Crippen molar-refractivity contribution in [3.8, 4) is 0 Å². The third-order valence-electron chi connectivity index (χ3n) is 3.26. The van der Waals surface area contributed by atoms with Crippen LogP contribution in [-0.4, -0.2) is 57.4 Å². The van der Waals surface area contributed by atoms with Gasteiger partial charge in [-0.15, -0.1) is 0 Å². The van der Waals surface area contributed by atoms with Crippen LogP contribution in [0, 0.1) is 0 Å². The lowest BCUT2D eigenvalue weighted by Gasteiger charge is -2.43. The molecular weight excluding hydrogens is 224 g/mol. The van der Waals surface area contributed by atoms with Crippen LogP contribution in [0.2, 0.25) is 0 Å². The molecule has 6 nitrogen and oxygen atoms in total. The van der Waals surface area contributed by atoms with E-state index in [-0.39, 0.29) is 0 Å². The Balaban J connectivity index is 4.93. The van der Waals surface area contributed by atoms with Crippen LogP contribution in [0.4, 0.5) is 9.59 Å². The molecule has 0 aliphatic rings. The SMILES string of the molecule is CN(C(=O)O)C(C)(C)CC(C)(C)N(C)C(=O)O. The lowest BCUT2D eigenvalue weighted by molar-refractivity contribution is 0.0552. The molecule has 0 unspecified atom stereocenters. The molecule has 0 rings (SSSR count). The molecule has 100 valence electrons. The van der Waals surface area contributed by atoms with E-state index in [9.17, 15) is 9.59 Å². The Hall–Kier alpha value is -1.46. The molecule has 0 bridgehead atoms. The molecule has 0 spiro atoms. The minimum Gasteiger partial charge on any atom is -0.465 e. The summed E-state index contributed by atoms with van der Waals surface area (Å²) in [5.41, 5.74) is -1.28. The van der Waals surface area contributed by atoms with Crippen molar-refractivity contribution in [1.29, 1.82) is 0 Å². The molecule has 0 aliphatic heterocycles. The predicted molar refractivity (Wildman–Crippen MR) is 64.4 cm³/mol. The first-order valence-electron chi connectivity index (χ1n) is 5.35. The first kappa shape index (κ1) is 15.5. The third-order valence-corrected chi connectivity index (χ3v) is 3.26. The van der Waals surface area contributed by atoms with Crippen molar-refractivity contribution < 1.29 is 19.8 Å². The maximum absolute atomic E-state index is 10.9. The van der Waals surface area contributed by atoms with E-state index >= 15 is 0 Å². The zero-order valence-electron chi connectivity index (χ0n) is 11.3. The first-order chi connectivity index (χ1) is 7.42. The Morgan fingerprint density at radius 3 is 1.29 bits per heavy atom. The van der Waals surface area contributed by atoms with E-state index in [0.29, 0.717) is 6.42 Å². The van der Waals surface area contributed by atoms with Gasteiger partial charge in [0.1, 0.15) is 0 Å². The predicted octanol–water partition coefficient (Wildman–Crippen LogP) is 2.15. The van der Waals surface area contributed by atoms with E-state index in [2.05, 4.69) is 0 Å². The smallest absolute Gasteiger partial charge is 0.407 e. The zero-order valence-corrected chi connectivity index (χ0v) is 11.3. The van der Waals surface area contributed by atoms with Gasteiger partial charge in [-0.25, -0.2) is 9.59 Å². The average Bonchev–Trinajstić information content (AvgIpc) is 2.13. The second-order valence-electron chi connectivity index (χ2n) is 5.48. The Labute approximate surface area is 102 Å². The van der Waals surface area contributed by atoms with Crippen LogP contribution >= 0.6 is 0 Å². The number of carboxylic acid groups (broad SMARTS) is 2. The van der Waals surface area contributed by atoms with Gasteiger partial charge in [0.05, 0.1) is 0 Å². The minimum atomic E-state index is -1.02. The minimum absolute atomic E-state index is 0.408. The fourth-order valence-electron chi connectivity index (χ4n) is 1.81. The highest BCUT2D eigenvalue weighted by atomic mass is 16.4. The van der Waals surface area contributed by atoms with Gasteiger partial charge in [-0.1, -0.05) is 0 Å². The Bertz CT molecular complexity index is 283. The fraction of sp³-hybridized carbons (Fsp3) is 0.818. The molecule has 6 heteroatoms. The molecule has 0 fully saturated rings. The molecular formula is C11H22N2O4. The second kappa shape index (κ2) is 4.81. The summed E-state index contributed by atoms with van der Waals surface area (Å²) in [7, 11) is 2.97. The summed E-state index contributed by atoms with van der Waals surface area (Å²) < 4.78 is 0. The van der Waals surface area contributed by atoms with Gasteiger partial charge < -0.3 is 20.0 Å². The molecule has 0 radical (unpaired) electrons.